The minimum atomic E-state index is -5.63. The van der Waals surface area contributed by atoms with Crippen LogP contribution < -0.4 is 0 Å². The molecule has 7 heteroatoms. The van der Waals surface area contributed by atoms with Gasteiger partial charge in [-0.2, -0.15) is 0 Å². The summed E-state index contributed by atoms with van der Waals surface area (Å²) in [7, 11) is 18.0. The van der Waals surface area contributed by atoms with Crippen LogP contribution in [0.3, 0.4) is 0 Å². The fourth-order valence-electron chi connectivity index (χ4n) is 11.8. The molecule has 0 bridgehead atoms. The van der Waals surface area contributed by atoms with E-state index in [1.165, 1.54) is 129 Å². The molecule has 0 heterocycles. The SMILES string of the molecule is Cc1cc(C)cc(-c2cccc3c2C=C(CC2CCCC2)[CH]3[Zr]([Cl])([Cl])([CH]2C(CC3CCCC3)=Cc3c(-c4cc(C)cc(C)c4)cccc32)[SiH](C)CCC(F)(F)F)c1. The van der Waals surface area contributed by atoms with E-state index in [2.05, 4.69) is 119 Å². The molecule has 0 amide bonds. The van der Waals surface area contributed by atoms with Gasteiger partial charge in [-0.15, -0.1) is 0 Å². The van der Waals surface area contributed by atoms with Crippen LogP contribution in [0.15, 0.2) is 83.9 Å². The third-order valence-corrected chi connectivity index (χ3v) is 64.4. The summed E-state index contributed by atoms with van der Waals surface area (Å²) in [5.41, 5.74) is 16.8. The van der Waals surface area contributed by atoms with Crippen molar-refractivity contribution in [1.29, 1.82) is 0 Å². The van der Waals surface area contributed by atoms with Crippen LogP contribution in [0.5, 0.6) is 0 Å². The van der Waals surface area contributed by atoms with E-state index in [1.807, 2.05) is 0 Å². The third-order valence-electron chi connectivity index (χ3n) is 14.3. The van der Waals surface area contributed by atoms with Gasteiger partial charge in [-0.25, -0.2) is 0 Å². The van der Waals surface area contributed by atoms with E-state index in [4.69, 9.17) is 17.0 Å². The van der Waals surface area contributed by atoms with Gasteiger partial charge in [-0.05, 0) is 0 Å². The van der Waals surface area contributed by atoms with E-state index < -0.39 is 34.1 Å². The Morgan fingerprint density at radius 3 is 1.37 bits per heavy atom. The number of rotatable bonds is 11. The normalized spacial score (nSPS) is 21.3. The summed E-state index contributed by atoms with van der Waals surface area (Å²) in [6.07, 6.45) is 11.2. The number of halogens is 5. The summed E-state index contributed by atoms with van der Waals surface area (Å²) in [4.78, 5) is 0. The molecule has 4 aliphatic carbocycles. The first-order valence-corrected chi connectivity index (χ1v) is 37.5. The maximum absolute atomic E-state index is 14.4. The van der Waals surface area contributed by atoms with Gasteiger partial charge in [-0.3, -0.25) is 0 Å². The predicted octanol–water partition coefficient (Wildman–Crippen LogP) is 16.3. The Morgan fingerprint density at radius 2 is 1.00 bits per heavy atom. The molecule has 3 unspecified atom stereocenters. The number of fused-ring (bicyclic) bond motifs is 2. The van der Waals surface area contributed by atoms with E-state index >= 15 is 0 Å². The number of allylic oxidation sites excluding steroid dienone is 2. The summed E-state index contributed by atoms with van der Waals surface area (Å²) in [5.74, 6) is -1.44. The Hall–Kier alpha value is -2.17. The van der Waals surface area contributed by atoms with E-state index in [-0.39, 0.29) is 13.3 Å². The van der Waals surface area contributed by atoms with Crippen LogP contribution in [-0.4, -0.2) is 12.1 Å². The Balaban J connectivity index is 1.38. The molecule has 4 aromatic rings. The zero-order valence-electron chi connectivity index (χ0n) is 34.3. The summed E-state index contributed by atoms with van der Waals surface area (Å²) in [6.45, 7) is 10.7. The first-order chi connectivity index (χ1) is 27.1. The van der Waals surface area contributed by atoms with E-state index in [9.17, 15) is 13.2 Å². The molecular weight excluding hydrogens is 848 g/mol. The molecule has 0 saturated heterocycles. The van der Waals surface area contributed by atoms with Crippen molar-refractivity contribution in [2.24, 2.45) is 11.8 Å². The Labute approximate surface area is 348 Å². The van der Waals surface area contributed by atoms with Crippen LogP contribution in [0, 0.1) is 39.5 Å². The van der Waals surface area contributed by atoms with Crippen molar-refractivity contribution in [3.63, 3.8) is 0 Å². The first-order valence-electron chi connectivity index (χ1n) is 21.6. The van der Waals surface area contributed by atoms with Crippen molar-refractivity contribution in [2.75, 3.05) is 0 Å². The monoisotopic (exact) mass is 903 g/mol. The molecule has 0 aromatic heterocycles. The fourth-order valence-corrected chi connectivity index (χ4v) is 51.9. The van der Waals surface area contributed by atoms with Crippen LogP contribution in [-0.2, 0) is 15.6 Å². The van der Waals surface area contributed by atoms with Crippen LogP contribution in [0.4, 0.5) is 13.2 Å². The van der Waals surface area contributed by atoms with Gasteiger partial charge in [0.25, 0.3) is 0 Å². The average Bonchev–Trinajstić information content (AvgIpc) is 3.96. The van der Waals surface area contributed by atoms with Gasteiger partial charge < -0.3 is 0 Å². The minimum absolute atomic E-state index is 0.0698. The zero-order valence-corrected chi connectivity index (χ0v) is 39.5. The van der Waals surface area contributed by atoms with Crippen LogP contribution in [0.25, 0.3) is 34.4 Å². The second-order valence-corrected chi connectivity index (χ2v) is 60.0. The number of alkyl halides is 3. The molecule has 0 aliphatic heterocycles. The molecule has 4 aromatic carbocycles. The Bertz CT molecular complexity index is 2060. The molecule has 57 heavy (non-hydrogen) atoms. The standard InChI is InChI=1S/2C23H25.C4H8F3Si.2ClH.Zr/c2*1-16-10-17(2)12-21(11-16)22-9-5-8-20-14-19(15-23(20)22)13-18-6-3-4-7-18;1-8-3-2-4(5,6)7;;;/h2*5,8-12,14-15,18H,3-4,6-7,13H2,1-2H3;8H,2-3H2,1H3;2*1H;/q;;;;;+2/p-2. The number of hydrogen-bond acceptors (Lipinski definition) is 0. The third kappa shape index (κ3) is 8.07. The Morgan fingerprint density at radius 1 is 0.614 bits per heavy atom. The van der Waals surface area contributed by atoms with Crippen molar-refractivity contribution in [2.45, 2.75) is 124 Å². The summed E-state index contributed by atoms with van der Waals surface area (Å²) < 4.78 is 42.7. The average molecular weight is 906 g/mol. The van der Waals surface area contributed by atoms with Crippen LogP contribution in [0.2, 0.25) is 12.6 Å². The molecule has 8 rings (SSSR count). The molecule has 301 valence electrons. The summed E-state index contributed by atoms with van der Waals surface area (Å²) in [5, 5.41) is 0. The van der Waals surface area contributed by atoms with Gasteiger partial charge in [0.2, 0.25) is 0 Å². The van der Waals surface area contributed by atoms with Gasteiger partial charge in [-0.1, -0.05) is 0 Å². The number of hydrogen-bond donors (Lipinski definition) is 0. The van der Waals surface area contributed by atoms with Crippen molar-refractivity contribution in [3.8, 4) is 22.3 Å². The van der Waals surface area contributed by atoms with Crippen molar-refractivity contribution in [3.05, 3.63) is 128 Å². The molecule has 3 atom stereocenters. The first kappa shape index (κ1) is 41.6. The second kappa shape index (κ2) is 16.0. The Kier molecular flexibility index (Phi) is 11.7. The number of aryl methyl sites for hydroxylation is 4. The molecule has 0 nitrogen and oxygen atoms in total. The molecule has 2 fully saturated rings. The van der Waals surface area contributed by atoms with E-state index in [1.54, 1.807) is 0 Å². The van der Waals surface area contributed by atoms with Gasteiger partial charge in [0.15, 0.2) is 0 Å². The van der Waals surface area contributed by atoms with Gasteiger partial charge in [0.1, 0.15) is 0 Å². The van der Waals surface area contributed by atoms with Crippen molar-refractivity contribution < 1.29 is 28.7 Å². The van der Waals surface area contributed by atoms with Crippen molar-refractivity contribution in [1.82, 2.24) is 0 Å². The van der Waals surface area contributed by atoms with Crippen LogP contribution >= 0.6 is 17.0 Å². The van der Waals surface area contributed by atoms with Crippen LogP contribution in [0.1, 0.15) is 122 Å². The number of benzene rings is 4. The van der Waals surface area contributed by atoms with Gasteiger partial charge in [0, 0.05) is 0 Å². The van der Waals surface area contributed by atoms with E-state index in [0.717, 1.165) is 12.8 Å². The molecule has 2 saturated carbocycles. The summed E-state index contributed by atoms with van der Waals surface area (Å²) in [6, 6.07) is 26.8. The second-order valence-electron chi connectivity index (χ2n) is 18.7. The molecule has 0 N–H and O–H groups in total. The molecule has 0 spiro atoms. The van der Waals surface area contributed by atoms with E-state index in [0.29, 0.717) is 11.8 Å². The van der Waals surface area contributed by atoms with Gasteiger partial charge >= 0.3 is 351 Å². The molecular formula is C50H58Cl2F3SiZr. The molecule has 0 radical (unpaired) electrons. The zero-order chi connectivity index (χ0) is 40.3. The topological polar surface area (TPSA) is 0 Å². The fraction of sp³-hybridized carbons (Fsp3) is 0.440. The van der Waals surface area contributed by atoms with Gasteiger partial charge in [0.05, 0.1) is 0 Å². The molecule has 4 aliphatic rings. The van der Waals surface area contributed by atoms with Crippen molar-refractivity contribution >= 4 is 35.1 Å². The predicted molar refractivity (Wildman–Crippen MR) is 237 cm³/mol. The quantitative estimate of drug-likeness (QED) is 0.132. The summed E-state index contributed by atoms with van der Waals surface area (Å²) >= 11 is -5.63. The maximum atomic E-state index is 14.4.